The molecule has 3 rings (SSSR count). The summed E-state index contributed by atoms with van der Waals surface area (Å²) in [7, 11) is 0. The maximum atomic E-state index is 11.7. The van der Waals surface area contributed by atoms with Gasteiger partial charge < -0.3 is 19.9 Å². The largest absolute Gasteiger partial charge is 0.481 e. The first kappa shape index (κ1) is 15.5. The van der Waals surface area contributed by atoms with E-state index in [1.54, 1.807) is 0 Å². The smallest absolute Gasteiger partial charge is 0.308 e. The Morgan fingerprint density at radius 1 is 1.32 bits per heavy atom. The van der Waals surface area contributed by atoms with Crippen molar-refractivity contribution in [2.75, 3.05) is 13.2 Å². The van der Waals surface area contributed by atoms with Gasteiger partial charge in [-0.2, -0.15) is 0 Å². The molecule has 1 aromatic rings. The Kier molecular flexibility index (Phi) is 4.47. The summed E-state index contributed by atoms with van der Waals surface area (Å²) in [6.07, 6.45) is 1.91. The molecule has 0 radical (unpaired) electrons. The fraction of sp³-hybridized carbons (Fsp3) is 0.588. The van der Waals surface area contributed by atoms with Gasteiger partial charge in [0.15, 0.2) is 5.79 Å². The lowest BCUT2D eigenvalue weighted by Gasteiger charge is -2.40. The number of carboxylic acids is 1. The number of carboxylic acid groups (broad SMARTS) is 1. The summed E-state index contributed by atoms with van der Waals surface area (Å²) >= 11 is 0. The van der Waals surface area contributed by atoms with E-state index in [-0.39, 0.29) is 12.1 Å². The fourth-order valence-electron chi connectivity index (χ4n) is 3.53. The van der Waals surface area contributed by atoms with Crippen LogP contribution in [0.4, 0.5) is 0 Å². The molecule has 1 spiro atoms. The average molecular weight is 305 g/mol. The van der Waals surface area contributed by atoms with E-state index in [0.29, 0.717) is 19.6 Å². The number of rotatable bonds is 4. The normalized spacial score (nSPS) is 28.6. The van der Waals surface area contributed by atoms with E-state index >= 15 is 0 Å². The third kappa shape index (κ3) is 3.16. The van der Waals surface area contributed by atoms with Gasteiger partial charge in [0.25, 0.3) is 0 Å². The van der Waals surface area contributed by atoms with Crippen LogP contribution < -0.4 is 5.32 Å². The second-order valence-corrected chi connectivity index (χ2v) is 6.20. The van der Waals surface area contributed by atoms with Crippen LogP contribution in [-0.2, 0) is 14.3 Å². The second kappa shape index (κ2) is 6.36. The van der Waals surface area contributed by atoms with Crippen molar-refractivity contribution in [1.29, 1.82) is 0 Å². The number of hydrogen-bond acceptors (Lipinski definition) is 4. The first-order valence-electron chi connectivity index (χ1n) is 7.91. The van der Waals surface area contributed by atoms with Crippen LogP contribution in [0, 0.1) is 5.92 Å². The number of carbonyl (C=O) groups is 1. The minimum absolute atomic E-state index is 0.0638. The zero-order valence-electron chi connectivity index (χ0n) is 12.8. The van der Waals surface area contributed by atoms with Crippen molar-refractivity contribution < 1.29 is 19.4 Å². The monoisotopic (exact) mass is 305 g/mol. The molecule has 2 aliphatic rings. The summed E-state index contributed by atoms with van der Waals surface area (Å²) in [6, 6.07) is 10.1. The molecule has 1 aromatic carbocycles. The number of hydrogen-bond donors (Lipinski definition) is 2. The van der Waals surface area contributed by atoms with Crippen LogP contribution in [-0.4, -0.2) is 36.1 Å². The molecule has 1 aliphatic heterocycles. The standard InChI is InChI=1S/C17H23NO4/c1-12(13-5-3-2-4-6-13)18-15-7-8-17(21-9-10-22-17)11-14(15)16(19)20/h2-6,12,14-15,18H,7-11H2,1H3,(H,19,20). The van der Waals surface area contributed by atoms with Crippen LogP contribution >= 0.6 is 0 Å². The molecule has 2 fully saturated rings. The highest BCUT2D eigenvalue weighted by Gasteiger charge is 2.47. The van der Waals surface area contributed by atoms with Crippen LogP contribution in [0.1, 0.15) is 37.8 Å². The predicted octanol–water partition coefficient (Wildman–Crippen LogP) is 2.33. The van der Waals surface area contributed by atoms with Gasteiger partial charge in [0.1, 0.15) is 0 Å². The molecule has 5 nitrogen and oxygen atoms in total. The maximum Gasteiger partial charge on any atom is 0.308 e. The molecule has 3 unspecified atom stereocenters. The Labute approximate surface area is 130 Å². The highest BCUT2D eigenvalue weighted by molar-refractivity contribution is 5.71. The second-order valence-electron chi connectivity index (χ2n) is 6.20. The van der Waals surface area contributed by atoms with E-state index in [2.05, 4.69) is 24.4 Å². The zero-order chi connectivity index (χ0) is 15.6. The van der Waals surface area contributed by atoms with E-state index in [1.165, 1.54) is 5.56 Å². The average Bonchev–Trinajstić information content (AvgIpc) is 2.98. The Bertz CT molecular complexity index is 513. The van der Waals surface area contributed by atoms with Crippen molar-refractivity contribution in [3.8, 4) is 0 Å². The highest BCUT2D eigenvalue weighted by Crippen LogP contribution is 2.39. The quantitative estimate of drug-likeness (QED) is 0.893. The topological polar surface area (TPSA) is 67.8 Å². The lowest BCUT2D eigenvalue weighted by atomic mass is 9.80. The molecule has 5 heteroatoms. The lowest BCUT2D eigenvalue weighted by Crippen LogP contribution is -2.51. The molecule has 1 heterocycles. The van der Waals surface area contributed by atoms with Gasteiger partial charge in [-0.15, -0.1) is 0 Å². The van der Waals surface area contributed by atoms with E-state index in [0.717, 1.165) is 12.8 Å². The molecule has 1 saturated heterocycles. The lowest BCUT2D eigenvalue weighted by molar-refractivity contribution is -0.197. The van der Waals surface area contributed by atoms with Crippen LogP contribution in [0.3, 0.4) is 0 Å². The summed E-state index contributed by atoms with van der Waals surface area (Å²) in [5, 5.41) is 13.1. The van der Waals surface area contributed by atoms with Crippen molar-refractivity contribution >= 4 is 5.97 Å². The van der Waals surface area contributed by atoms with Gasteiger partial charge in [-0.3, -0.25) is 4.79 Å². The van der Waals surface area contributed by atoms with E-state index < -0.39 is 17.7 Å². The molecule has 3 atom stereocenters. The minimum atomic E-state index is -0.782. The highest BCUT2D eigenvalue weighted by atomic mass is 16.7. The zero-order valence-corrected chi connectivity index (χ0v) is 12.8. The molecule has 120 valence electrons. The maximum absolute atomic E-state index is 11.7. The third-order valence-corrected chi connectivity index (χ3v) is 4.75. The van der Waals surface area contributed by atoms with Gasteiger partial charge in [0.05, 0.1) is 19.1 Å². The van der Waals surface area contributed by atoms with Gasteiger partial charge >= 0.3 is 5.97 Å². The molecular weight excluding hydrogens is 282 g/mol. The SMILES string of the molecule is CC(NC1CCC2(CC1C(=O)O)OCCO2)c1ccccc1. The number of benzene rings is 1. The van der Waals surface area contributed by atoms with E-state index in [9.17, 15) is 9.90 Å². The van der Waals surface area contributed by atoms with Crippen LogP contribution in [0.2, 0.25) is 0 Å². The molecule has 22 heavy (non-hydrogen) atoms. The van der Waals surface area contributed by atoms with Crippen molar-refractivity contribution in [3.63, 3.8) is 0 Å². The van der Waals surface area contributed by atoms with E-state index in [4.69, 9.17) is 9.47 Å². The summed E-state index contributed by atoms with van der Waals surface area (Å²) in [4.78, 5) is 11.7. The minimum Gasteiger partial charge on any atom is -0.481 e. The molecule has 0 bridgehead atoms. The Morgan fingerprint density at radius 3 is 2.64 bits per heavy atom. The molecule has 1 saturated carbocycles. The molecule has 2 N–H and O–H groups in total. The molecular formula is C17H23NO4. The first-order valence-corrected chi connectivity index (χ1v) is 7.91. The van der Waals surface area contributed by atoms with Crippen molar-refractivity contribution in [3.05, 3.63) is 35.9 Å². The van der Waals surface area contributed by atoms with Crippen LogP contribution in [0.25, 0.3) is 0 Å². The van der Waals surface area contributed by atoms with Crippen LogP contribution in [0.5, 0.6) is 0 Å². The van der Waals surface area contributed by atoms with Crippen LogP contribution in [0.15, 0.2) is 30.3 Å². The summed E-state index contributed by atoms with van der Waals surface area (Å²) in [6.45, 7) is 3.19. The van der Waals surface area contributed by atoms with Crippen molar-refractivity contribution in [2.45, 2.75) is 44.1 Å². The molecule has 1 aliphatic carbocycles. The van der Waals surface area contributed by atoms with Gasteiger partial charge in [-0.05, 0) is 18.9 Å². The van der Waals surface area contributed by atoms with Gasteiger partial charge in [0, 0.05) is 24.9 Å². The Balaban J connectivity index is 1.69. The fourth-order valence-corrected chi connectivity index (χ4v) is 3.53. The molecule has 0 aromatic heterocycles. The third-order valence-electron chi connectivity index (χ3n) is 4.75. The van der Waals surface area contributed by atoms with Gasteiger partial charge in [0.2, 0.25) is 0 Å². The first-order chi connectivity index (χ1) is 10.6. The Morgan fingerprint density at radius 2 is 2.00 bits per heavy atom. The van der Waals surface area contributed by atoms with Gasteiger partial charge in [-0.1, -0.05) is 30.3 Å². The van der Waals surface area contributed by atoms with Crippen molar-refractivity contribution in [2.24, 2.45) is 5.92 Å². The number of aliphatic carboxylic acids is 1. The summed E-state index contributed by atoms with van der Waals surface area (Å²) < 4.78 is 11.4. The Hall–Kier alpha value is -1.43. The molecule has 0 amide bonds. The number of nitrogens with one attached hydrogen (secondary N) is 1. The van der Waals surface area contributed by atoms with E-state index in [1.807, 2.05) is 18.2 Å². The summed E-state index contributed by atoms with van der Waals surface area (Å²) in [5.41, 5.74) is 1.17. The predicted molar refractivity (Wildman–Crippen MR) is 81.4 cm³/mol. The number of ether oxygens (including phenoxy) is 2. The van der Waals surface area contributed by atoms with Gasteiger partial charge in [-0.25, -0.2) is 0 Å². The van der Waals surface area contributed by atoms with Crippen molar-refractivity contribution in [1.82, 2.24) is 5.32 Å². The summed E-state index contributed by atoms with van der Waals surface area (Å²) in [5.74, 6) is -1.94.